The molecule has 0 aliphatic rings. The average molecular weight is 1710 g/mol. The zero-order valence-electron chi connectivity index (χ0n) is 76.3. The van der Waals surface area contributed by atoms with Crippen molar-refractivity contribution in [1.82, 2.24) is 0 Å². The molecule has 16 nitrogen and oxygen atoms in total. The Labute approximate surface area is 729 Å². The highest BCUT2D eigenvalue weighted by Gasteiger charge is 2.30. The molecule has 0 radical (unpaired) electrons. The molecule has 0 aromatic rings. The van der Waals surface area contributed by atoms with Crippen molar-refractivity contribution in [3.63, 3.8) is 0 Å². The number of carbonyl (C=O) groups is 3. The van der Waals surface area contributed by atoms with Crippen molar-refractivity contribution < 1.29 is 75.8 Å². The maximum Gasteiger partial charge on any atom is 0.472 e. The summed E-state index contributed by atoms with van der Waals surface area (Å²) in [5.74, 6) is -1.55. The van der Waals surface area contributed by atoms with Gasteiger partial charge in [0.2, 0.25) is 0 Å². The molecule has 119 heavy (non-hydrogen) atoms. The van der Waals surface area contributed by atoms with Gasteiger partial charge >= 0.3 is 33.6 Å². The van der Waals surface area contributed by atoms with Crippen LogP contribution in [-0.2, 0) is 55.8 Å². The molecule has 0 aliphatic heterocycles. The lowest BCUT2D eigenvalue weighted by molar-refractivity contribution is -0.161. The minimum Gasteiger partial charge on any atom is -0.463 e. The standard InChI is InChI=1S/C101H180O16P2/c1-4-7-10-13-16-19-22-25-27-29-31-33-35-37-39-41-43-45-47-49-51-53-55-57-59-61-63-65-67-70-72-75-78-81-84-87-99(104)111-90-96(102)91-113-118(107,108)114-92-97(103)93-115-119(109,110)116-95-98(117-101(106)89-86-83-80-77-74-69-24-21-18-15-12-9-6-3)94-112-100(105)88-85-82-79-76-73-71-68-66-64-62-60-58-56-54-52-50-48-46-44-42-40-38-36-34-32-30-28-26-23-20-17-14-11-8-5-2/h7,10,16-17,19-20,25-28,31-34,37-40,43,45,96-98,102-103H,4-6,8-9,11-15,18,21-24,29-30,35-36,41-42,44,46-95H2,1-3H3,(H,107,108)(H,109,110)/b10-7-,19-16-,20-17-,27-25-,28-26-,33-31-,34-32-,39-37-,40-38-,45-43-. The third kappa shape index (κ3) is 94.5. The third-order valence-electron chi connectivity index (χ3n) is 21.2. The number of hydrogen-bond donors (Lipinski definition) is 4. The Hall–Kier alpha value is -4.05. The number of carbonyl (C=O) groups excluding carboxylic acids is 3. The monoisotopic (exact) mass is 1710 g/mol. The van der Waals surface area contributed by atoms with E-state index in [1.54, 1.807) is 0 Å². The van der Waals surface area contributed by atoms with E-state index in [-0.39, 0.29) is 19.3 Å². The SMILES string of the molecule is CC/C=C\C/C=C\C/C=C\C/C=C\C/C=C\C/C=C\CCCCCCCCCCCCCCCCCCC(=O)OCC(O)COP(=O)(O)OCC(O)COP(=O)(O)OCC(COC(=O)CCCCCCCCCCCCCCCCCCCCC/C=C\C/C=C\C/C=C\C/C=C\CCCCC)OC(=O)CCCCCCCCCCCCCCC. The quantitative estimate of drug-likeness (QED) is 0.0146. The van der Waals surface area contributed by atoms with Crippen molar-refractivity contribution in [2.45, 2.75) is 463 Å². The first kappa shape index (κ1) is 115. The van der Waals surface area contributed by atoms with Gasteiger partial charge < -0.3 is 34.2 Å². The number of allylic oxidation sites excluding steroid dienone is 20. The van der Waals surface area contributed by atoms with Crippen molar-refractivity contribution >= 4 is 33.6 Å². The van der Waals surface area contributed by atoms with Gasteiger partial charge in [-0.25, -0.2) is 9.13 Å². The molecule has 5 atom stereocenters. The second-order valence-corrected chi connectivity index (χ2v) is 35.8. The molecule has 0 saturated carbocycles. The number of hydrogen-bond acceptors (Lipinski definition) is 14. The van der Waals surface area contributed by atoms with Gasteiger partial charge in [-0.3, -0.25) is 32.5 Å². The van der Waals surface area contributed by atoms with Crippen molar-refractivity contribution in [2.75, 3.05) is 39.6 Å². The molecule has 0 aliphatic carbocycles. The Morgan fingerprint density at radius 2 is 0.445 bits per heavy atom. The number of ether oxygens (including phenoxy) is 3. The fourth-order valence-corrected chi connectivity index (χ4v) is 15.4. The summed E-state index contributed by atoms with van der Waals surface area (Å²) in [6, 6.07) is 0. The van der Waals surface area contributed by atoms with Crippen molar-refractivity contribution in [3.05, 3.63) is 122 Å². The second kappa shape index (κ2) is 93.1. The summed E-state index contributed by atoms with van der Waals surface area (Å²) in [5.41, 5.74) is 0. The smallest absolute Gasteiger partial charge is 0.463 e. The van der Waals surface area contributed by atoms with E-state index in [0.717, 1.165) is 122 Å². The van der Waals surface area contributed by atoms with Crippen LogP contribution >= 0.6 is 15.6 Å². The summed E-state index contributed by atoms with van der Waals surface area (Å²) in [6.07, 6.45) is 116. The van der Waals surface area contributed by atoms with E-state index in [2.05, 4.69) is 142 Å². The Morgan fingerprint density at radius 3 is 0.723 bits per heavy atom. The van der Waals surface area contributed by atoms with Crippen LogP contribution < -0.4 is 0 Å². The minimum atomic E-state index is -4.93. The normalized spacial score (nSPS) is 14.2. The number of esters is 3. The van der Waals surface area contributed by atoms with E-state index in [1.807, 2.05) is 0 Å². The average Bonchev–Trinajstić information content (AvgIpc) is 0.893. The summed E-state index contributed by atoms with van der Waals surface area (Å²) in [4.78, 5) is 58.9. The Bertz CT molecular complexity index is 2640. The molecule has 0 bridgehead atoms. The maximum absolute atomic E-state index is 13.0. The van der Waals surface area contributed by atoms with Gasteiger partial charge in [0.15, 0.2) is 6.10 Å². The molecular formula is C101H180O16P2. The minimum absolute atomic E-state index is 0.111. The van der Waals surface area contributed by atoms with Gasteiger partial charge in [-0.05, 0) is 116 Å². The molecule has 0 spiro atoms. The molecular weight excluding hydrogens is 1530 g/mol. The predicted octanol–water partition coefficient (Wildman–Crippen LogP) is 30.3. The number of unbranched alkanes of at least 4 members (excludes halogenated alkanes) is 50. The van der Waals surface area contributed by atoms with Crippen LogP contribution in [0.4, 0.5) is 0 Å². The third-order valence-corrected chi connectivity index (χ3v) is 23.1. The van der Waals surface area contributed by atoms with Gasteiger partial charge in [-0.2, -0.15) is 0 Å². The summed E-state index contributed by atoms with van der Waals surface area (Å²) in [6.45, 7) is 2.62. The van der Waals surface area contributed by atoms with Crippen LogP contribution in [-0.4, -0.2) is 95.9 Å². The highest BCUT2D eigenvalue weighted by atomic mass is 31.2. The first-order valence-corrected chi connectivity index (χ1v) is 51.8. The van der Waals surface area contributed by atoms with Crippen LogP contribution in [0.2, 0.25) is 0 Å². The maximum atomic E-state index is 13.0. The molecule has 4 N–H and O–H groups in total. The van der Waals surface area contributed by atoms with Crippen LogP contribution in [0.15, 0.2) is 122 Å². The van der Waals surface area contributed by atoms with Gasteiger partial charge in [0.1, 0.15) is 25.4 Å². The molecule has 0 amide bonds. The van der Waals surface area contributed by atoms with Crippen molar-refractivity contribution in [2.24, 2.45) is 0 Å². The second-order valence-electron chi connectivity index (χ2n) is 32.9. The zero-order valence-corrected chi connectivity index (χ0v) is 78.1. The highest BCUT2D eigenvalue weighted by Crippen LogP contribution is 2.45. The molecule has 5 unspecified atom stereocenters. The summed E-state index contributed by atoms with van der Waals surface area (Å²) in [7, 11) is -9.79. The zero-order chi connectivity index (χ0) is 86.5. The molecule has 0 aromatic heterocycles. The number of rotatable bonds is 93. The molecule has 18 heteroatoms. The van der Waals surface area contributed by atoms with Gasteiger partial charge in [-0.15, -0.1) is 0 Å². The lowest BCUT2D eigenvalue weighted by Gasteiger charge is -2.21. The van der Waals surface area contributed by atoms with Crippen LogP contribution in [0.3, 0.4) is 0 Å². The summed E-state index contributed by atoms with van der Waals surface area (Å²) in [5, 5.41) is 20.7. The molecule has 0 heterocycles. The Morgan fingerprint density at radius 1 is 0.244 bits per heavy atom. The first-order valence-electron chi connectivity index (χ1n) is 48.8. The van der Waals surface area contributed by atoms with E-state index in [1.165, 1.54) is 263 Å². The van der Waals surface area contributed by atoms with Crippen LogP contribution in [0, 0.1) is 0 Å². The van der Waals surface area contributed by atoms with Gasteiger partial charge in [0.25, 0.3) is 0 Å². The molecule has 0 saturated heterocycles. The molecule has 0 fully saturated rings. The number of phosphoric ester groups is 2. The van der Waals surface area contributed by atoms with Crippen molar-refractivity contribution in [1.29, 1.82) is 0 Å². The molecule has 0 aromatic carbocycles. The largest absolute Gasteiger partial charge is 0.472 e. The summed E-state index contributed by atoms with van der Waals surface area (Å²) >= 11 is 0. The molecule has 690 valence electrons. The fraction of sp³-hybridized carbons (Fsp3) is 0.772. The lowest BCUT2D eigenvalue weighted by atomic mass is 10.0. The highest BCUT2D eigenvalue weighted by molar-refractivity contribution is 7.47. The Kier molecular flexibility index (Phi) is 89.9. The van der Waals surface area contributed by atoms with E-state index in [4.69, 9.17) is 32.3 Å². The van der Waals surface area contributed by atoms with E-state index >= 15 is 0 Å². The predicted molar refractivity (Wildman–Crippen MR) is 500 cm³/mol. The van der Waals surface area contributed by atoms with Gasteiger partial charge in [0, 0.05) is 19.3 Å². The molecule has 0 rings (SSSR count). The number of aliphatic hydroxyl groups excluding tert-OH is 2. The van der Waals surface area contributed by atoms with Crippen molar-refractivity contribution in [3.8, 4) is 0 Å². The van der Waals surface area contributed by atoms with Crippen LogP contribution in [0.1, 0.15) is 445 Å². The fourth-order valence-electron chi connectivity index (χ4n) is 13.8. The van der Waals surface area contributed by atoms with Crippen LogP contribution in [0.25, 0.3) is 0 Å². The van der Waals surface area contributed by atoms with Gasteiger partial charge in [-0.1, -0.05) is 431 Å². The van der Waals surface area contributed by atoms with E-state index in [9.17, 15) is 43.5 Å². The Balaban J connectivity index is 4.34. The lowest BCUT2D eigenvalue weighted by Crippen LogP contribution is -2.30. The number of aliphatic hydroxyl groups is 2. The van der Waals surface area contributed by atoms with E-state index < -0.39 is 91.5 Å². The number of phosphoric acid groups is 2. The van der Waals surface area contributed by atoms with Gasteiger partial charge in [0.05, 0.1) is 26.4 Å². The topological polar surface area (TPSA) is 231 Å². The first-order chi connectivity index (χ1) is 58.2. The van der Waals surface area contributed by atoms with E-state index in [0.29, 0.717) is 19.3 Å². The van der Waals surface area contributed by atoms with Crippen LogP contribution in [0.5, 0.6) is 0 Å². The summed E-state index contributed by atoms with van der Waals surface area (Å²) < 4.78 is 61.5.